The van der Waals surface area contributed by atoms with Gasteiger partial charge in [-0.15, -0.1) is 5.10 Å². The number of hydrogen-bond donors (Lipinski definition) is 1. The molecule has 180 valence electrons. The molecule has 35 heavy (non-hydrogen) atoms. The van der Waals surface area contributed by atoms with Crippen molar-refractivity contribution >= 4 is 22.6 Å². The topological polar surface area (TPSA) is 88.8 Å². The van der Waals surface area contributed by atoms with Crippen LogP contribution in [-0.4, -0.2) is 55.2 Å². The third-order valence-electron chi connectivity index (χ3n) is 6.83. The molecule has 0 saturated heterocycles. The molecule has 1 amide bonds. The lowest BCUT2D eigenvalue weighted by Gasteiger charge is -2.29. The van der Waals surface area contributed by atoms with E-state index in [4.69, 9.17) is 0 Å². The monoisotopic (exact) mass is 469 g/mol. The molecule has 0 spiro atoms. The van der Waals surface area contributed by atoms with Gasteiger partial charge in [0.2, 0.25) is 11.9 Å². The predicted octanol–water partition coefficient (Wildman–Crippen LogP) is 4.25. The highest BCUT2D eigenvalue weighted by atomic mass is 16.2. The van der Waals surface area contributed by atoms with Gasteiger partial charge >= 0.3 is 0 Å². The van der Waals surface area contributed by atoms with Crippen LogP contribution in [0.2, 0.25) is 0 Å². The van der Waals surface area contributed by atoms with Crippen molar-refractivity contribution < 1.29 is 4.79 Å². The average molecular weight is 470 g/mol. The van der Waals surface area contributed by atoms with Crippen LogP contribution in [0.25, 0.3) is 22.3 Å². The van der Waals surface area contributed by atoms with Crippen LogP contribution in [0.5, 0.6) is 0 Å². The molecule has 0 atom stereocenters. The van der Waals surface area contributed by atoms with Gasteiger partial charge in [-0.25, -0.2) is 19.6 Å². The molecule has 5 rings (SSSR count). The second kappa shape index (κ2) is 10.2. The SMILES string of the molecule is CNc1nccc(-c2nc(C)n(CCN(C(=O)Cc3cccc4ccccc34)C3CCCC3)n2)n1. The van der Waals surface area contributed by atoms with Gasteiger partial charge in [0.15, 0.2) is 5.82 Å². The highest BCUT2D eigenvalue weighted by Gasteiger charge is 2.27. The van der Waals surface area contributed by atoms with Crippen LogP contribution in [0, 0.1) is 6.92 Å². The Morgan fingerprint density at radius 1 is 1.09 bits per heavy atom. The van der Waals surface area contributed by atoms with Gasteiger partial charge in [0.25, 0.3) is 0 Å². The van der Waals surface area contributed by atoms with E-state index in [1.54, 1.807) is 19.3 Å². The van der Waals surface area contributed by atoms with E-state index in [0.717, 1.165) is 29.6 Å². The summed E-state index contributed by atoms with van der Waals surface area (Å²) in [6.45, 7) is 3.15. The minimum absolute atomic E-state index is 0.181. The van der Waals surface area contributed by atoms with Crippen molar-refractivity contribution in [2.75, 3.05) is 18.9 Å². The molecule has 1 saturated carbocycles. The lowest BCUT2D eigenvalue weighted by atomic mass is 10.0. The first-order valence-electron chi connectivity index (χ1n) is 12.3. The molecule has 4 aromatic rings. The van der Waals surface area contributed by atoms with Gasteiger partial charge < -0.3 is 10.2 Å². The van der Waals surface area contributed by atoms with Crippen LogP contribution in [-0.2, 0) is 17.8 Å². The van der Waals surface area contributed by atoms with Gasteiger partial charge in [0, 0.05) is 25.8 Å². The third-order valence-corrected chi connectivity index (χ3v) is 6.83. The summed E-state index contributed by atoms with van der Waals surface area (Å²) < 4.78 is 1.88. The molecule has 0 aliphatic heterocycles. The largest absolute Gasteiger partial charge is 0.357 e. The number of aryl methyl sites for hydroxylation is 1. The fraction of sp³-hybridized carbons (Fsp3) is 0.370. The van der Waals surface area contributed by atoms with Gasteiger partial charge in [0.05, 0.1) is 13.0 Å². The van der Waals surface area contributed by atoms with Crippen LogP contribution in [0.1, 0.15) is 37.1 Å². The number of nitrogens with zero attached hydrogens (tertiary/aromatic N) is 6. The molecule has 1 aliphatic carbocycles. The fourth-order valence-corrected chi connectivity index (χ4v) is 4.98. The van der Waals surface area contributed by atoms with Gasteiger partial charge in [-0.05, 0) is 42.2 Å². The first kappa shape index (κ1) is 23.0. The van der Waals surface area contributed by atoms with Crippen molar-refractivity contribution in [2.24, 2.45) is 0 Å². The summed E-state index contributed by atoms with van der Waals surface area (Å²) in [5, 5.41) is 9.95. The quantitative estimate of drug-likeness (QED) is 0.415. The van der Waals surface area contributed by atoms with E-state index in [-0.39, 0.29) is 5.91 Å². The molecule has 1 aliphatic rings. The number of fused-ring (bicyclic) bond motifs is 1. The van der Waals surface area contributed by atoms with Crippen LogP contribution in [0.15, 0.2) is 54.7 Å². The summed E-state index contributed by atoms with van der Waals surface area (Å²) in [7, 11) is 1.78. The summed E-state index contributed by atoms with van der Waals surface area (Å²) in [5.41, 5.74) is 1.75. The van der Waals surface area contributed by atoms with E-state index in [1.807, 2.05) is 29.8 Å². The summed E-state index contributed by atoms with van der Waals surface area (Å²) in [5.74, 6) is 2.08. The number of carbonyl (C=O) groups is 1. The van der Waals surface area contributed by atoms with Crippen molar-refractivity contribution in [3.8, 4) is 11.5 Å². The number of hydrogen-bond acceptors (Lipinski definition) is 6. The summed E-state index contributed by atoms with van der Waals surface area (Å²) in [4.78, 5) is 28.9. The predicted molar refractivity (Wildman–Crippen MR) is 137 cm³/mol. The molecule has 2 heterocycles. The number of anilines is 1. The Kier molecular flexibility index (Phi) is 6.70. The van der Waals surface area contributed by atoms with Crippen molar-refractivity contribution in [3.05, 3.63) is 66.1 Å². The normalized spacial score (nSPS) is 13.9. The molecular weight excluding hydrogens is 438 g/mol. The average Bonchev–Trinajstić information content (AvgIpc) is 3.55. The van der Waals surface area contributed by atoms with Crippen molar-refractivity contribution in [1.29, 1.82) is 0 Å². The van der Waals surface area contributed by atoms with Crippen LogP contribution >= 0.6 is 0 Å². The van der Waals surface area contributed by atoms with E-state index in [1.165, 1.54) is 18.2 Å². The number of carbonyl (C=O) groups excluding carboxylic acids is 1. The van der Waals surface area contributed by atoms with Crippen molar-refractivity contribution in [3.63, 3.8) is 0 Å². The third kappa shape index (κ3) is 5.01. The number of nitrogens with one attached hydrogen (secondary N) is 1. The highest BCUT2D eigenvalue weighted by Crippen LogP contribution is 2.26. The van der Waals surface area contributed by atoms with Gasteiger partial charge in [-0.2, -0.15) is 0 Å². The van der Waals surface area contributed by atoms with Crippen LogP contribution in [0.4, 0.5) is 5.95 Å². The zero-order chi connectivity index (χ0) is 24.2. The molecule has 1 N–H and O–H groups in total. The number of rotatable bonds is 8. The van der Waals surface area contributed by atoms with E-state index >= 15 is 0 Å². The Labute approximate surface area is 205 Å². The molecule has 0 bridgehead atoms. The lowest BCUT2D eigenvalue weighted by Crippen LogP contribution is -2.42. The number of amides is 1. The minimum atomic E-state index is 0.181. The van der Waals surface area contributed by atoms with E-state index in [0.29, 0.717) is 43.0 Å². The molecule has 2 aromatic heterocycles. The van der Waals surface area contributed by atoms with Crippen molar-refractivity contribution in [2.45, 2.75) is 51.6 Å². The standard InChI is InChI=1S/C27H31N7O/c1-19-30-26(24-14-15-29-27(28-2)31-24)32-34(19)17-16-33(22-11-4-5-12-22)25(35)18-21-10-7-9-20-8-3-6-13-23(20)21/h3,6-10,13-15,22H,4-5,11-12,16-18H2,1-2H3,(H,28,29,31). The maximum atomic E-state index is 13.6. The molecule has 8 nitrogen and oxygen atoms in total. The second-order valence-electron chi connectivity index (χ2n) is 9.06. The summed E-state index contributed by atoms with van der Waals surface area (Å²) >= 11 is 0. The van der Waals surface area contributed by atoms with E-state index < -0.39 is 0 Å². The Balaban J connectivity index is 1.34. The number of aromatic nitrogens is 5. The molecule has 0 radical (unpaired) electrons. The fourth-order valence-electron chi connectivity index (χ4n) is 4.98. The van der Waals surface area contributed by atoms with E-state index in [2.05, 4.69) is 54.5 Å². The Morgan fingerprint density at radius 2 is 1.89 bits per heavy atom. The first-order valence-corrected chi connectivity index (χ1v) is 12.3. The maximum absolute atomic E-state index is 13.6. The second-order valence-corrected chi connectivity index (χ2v) is 9.06. The Hall–Kier alpha value is -3.81. The van der Waals surface area contributed by atoms with E-state index in [9.17, 15) is 4.79 Å². The van der Waals surface area contributed by atoms with Gasteiger partial charge in [0.1, 0.15) is 11.5 Å². The maximum Gasteiger partial charge on any atom is 0.227 e. The molecule has 0 unspecified atom stereocenters. The Morgan fingerprint density at radius 3 is 2.71 bits per heavy atom. The van der Waals surface area contributed by atoms with Crippen LogP contribution < -0.4 is 5.32 Å². The lowest BCUT2D eigenvalue weighted by molar-refractivity contribution is -0.132. The van der Waals surface area contributed by atoms with Crippen LogP contribution in [0.3, 0.4) is 0 Å². The molecule has 8 heteroatoms. The first-order chi connectivity index (χ1) is 17.1. The smallest absolute Gasteiger partial charge is 0.227 e. The summed E-state index contributed by atoms with van der Waals surface area (Å²) in [6.07, 6.45) is 6.59. The van der Waals surface area contributed by atoms with Crippen molar-refractivity contribution in [1.82, 2.24) is 29.6 Å². The summed E-state index contributed by atoms with van der Waals surface area (Å²) in [6, 6.07) is 16.6. The molecule has 2 aromatic carbocycles. The van der Waals surface area contributed by atoms with Gasteiger partial charge in [-0.3, -0.25) is 4.79 Å². The highest BCUT2D eigenvalue weighted by molar-refractivity contribution is 5.90. The zero-order valence-electron chi connectivity index (χ0n) is 20.3. The van der Waals surface area contributed by atoms with Gasteiger partial charge in [-0.1, -0.05) is 55.3 Å². The Bertz CT molecular complexity index is 1320. The minimum Gasteiger partial charge on any atom is -0.357 e. The molecule has 1 fully saturated rings. The zero-order valence-corrected chi connectivity index (χ0v) is 20.3. The number of benzene rings is 2. The molecular formula is C27H31N7O.